The van der Waals surface area contributed by atoms with E-state index in [9.17, 15) is 4.79 Å². The Kier molecular flexibility index (Phi) is 3.47. The largest absolute Gasteiger partial charge is 0.366 e. The molecule has 2 aromatic heterocycles. The Labute approximate surface area is 127 Å². The van der Waals surface area contributed by atoms with E-state index < -0.39 is 5.91 Å². The number of primary amides is 1. The van der Waals surface area contributed by atoms with Gasteiger partial charge in [0, 0.05) is 23.4 Å². The molecular formula is C17H16N4O. The Morgan fingerprint density at radius 2 is 1.95 bits per heavy atom. The molecule has 0 aliphatic carbocycles. The summed E-state index contributed by atoms with van der Waals surface area (Å²) in [5.41, 5.74) is 11.5. The maximum atomic E-state index is 10.9. The quantitative estimate of drug-likeness (QED) is 0.728. The number of nitrogens with zero attached hydrogens (tertiary/aromatic N) is 2. The number of aryl methyl sites for hydroxylation is 2. The van der Waals surface area contributed by atoms with Crippen molar-refractivity contribution >= 4 is 23.1 Å². The number of H-pyrrole nitrogens is 1. The summed E-state index contributed by atoms with van der Waals surface area (Å²) in [5, 5.41) is 0. The van der Waals surface area contributed by atoms with E-state index in [-0.39, 0.29) is 0 Å². The van der Waals surface area contributed by atoms with E-state index in [0.717, 1.165) is 16.8 Å². The first-order valence-corrected chi connectivity index (χ1v) is 6.93. The van der Waals surface area contributed by atoms with Gasteiger partial charge in [0.15, 0.2) is 5.65 Å². The topological polar surface area (TPSA) is 84.7 Å². The number of aromatic amines is 1. The van der Waals surface area contributed by atoms with Crippen LogP contribution in [0.15, 0.2) is 36.7 Å². The van der Waals surface area contributed by atoms with Gasteiger partial charge in [0.05, 0.1) is 11.9 Å². The summed E-state index contributed by atoms with van der Waals surface area (Å²) in [5.74, 6) is -0.493. The molecule has 0 fully saturated rings. The second-order valence-electron chi connectivity index (χ2n) is 5.31. The normalized spacial score (nSPS) is 11.4. The molecule has 2 heterocycles. The molecule has 0 bridgehead atoms. The fourth-order valence-electron chi connectivity index (χ4n) is 2.47. The molecule has 0 radical (unpaired) electrons. The molecule has 0 aliphatic rings. The third-order valence-corrected chi connectivity index (χ3v) is 3.35. The summed E-state index contributed by atoms with van der Waals surface area (Å²) in [6.07, 6.45) is 6.46. The lowest BCUT2D eigenvalue weighted by Gasteiger charge is -2.04. The molecule has 0 saturated carbocycles. The van der Waals surface area contributed by atoms with Crippen LogP contribution in [0.2, 0.25) is 0 Å². The van der Waals surface area contributed by atoms with Crippen LogP contribution < -0.4 is 5.73 Å². The fraction of sp³-hybridized carbons (Fsp3) is 0.118. The molecule has 0 atom stereocenters. The van der Waals surface area contributed by atoms with Crippen LogP contribution in [-0.4, -0.2) is 20.9 Å². The molecular weight excluding hydrogens is 276 g/mol. The number of aromatic nitrogens is 3. The van der Waals surface area contributed by atoms with Crippen molar-refractivity contribution in [3.05, 3.63) is 53.4 Å². The summed E-state index contributed by atoms with van der Waals surface area (Å²) >= 11 is 0. The van der Waals surface area contributed by atoms with E-state index >= 15 is 0 Å². The maximum absolute atomic E-state index is 10.9. The molecule has 5 nitrogen and oxygen atoms in total. The highest BCUT2D eigenvalue weighted by Gasteiger charge is 2.08. The SMILES string of the molecule is Cc1cc(C)cc(-c2cnc3[nH]cc(/C=C/C(N)=O)c3n2)c1. The van der Waals surface area contributed by atoms with E-state index in [0.29, 0.717) is 11.2 Å². The van der Waals surface area contributed by atoms with Gasteiger partial charge in [-0.3, -0.25) is 4.79 Å². The van der Waals surface area contributed by atoms with Gasteiger partial charge in [-0.1, -0.05) is 17.2 Å². The number of hydrogen-bond donors (Lipinski definition) is 2. The third kappa shape index (κ3) is 2.74. The number of benzene rings is 1. The predicted octanol–water partition coefficient (Wildman–Crippen LogP) is 2.74. The number of carbonyl (C=O) groups is 1. The number of hydrogen-bond acceptors (Lipinski definition) is 3. The van der Waals surface area contributed by atoms with Crippen molar-refractivity contribution in [1.29, 1.82) is 0 Å². The number of nitrogens with two attached hydrogens (primary N) is 1. The Hall–Kier alpha value is -2.95. The highest BCUT2D eigenvalue weighted by Crippen LogP contribution is 2.23. The lowest BCUT2D eigenvalue weighted by atomic mass is 10.1. The van der Waals surface area contributed by atoms with Crippen LogP contribution in [0.1, 0.15) is 16.7 Å². The van der Waals surface area contributed by atoms with Gasteiger partial charge in [-0.25, -0.2) is 9.97 Å². The molecule has 22 heavy (non-hydrogen) atoms. The first kappa shape index (κ1) is 14.0. The van der Waals surface area contributed by atoms with Gasteiger partial charge in [-0.2, -0.15) is 0 Å². The average molecular weight is 292 g/mol. The van der Waals surface area contributed by atoms with Crippen molar-refractivity contribution < 1.29 is 4.79 Å². The van der Waals surface area contributed by atoms with Crippen LogP contribution >= 0.6 is 0 Å². The second-order valence-corrected chi connectivity index (χ2v) is 5.31. The smallest absolute Gasteiger partial charge is 0.241 e. The molecule has 1 aromatic carbocycles. The first-order valence-electron chi connectivity index (χ1n) is 6.93. The summed E-state index contributed by atoms with van der Waals surface area (Å²) in [7, 11) is 0. The molecule has 0 spiro atoms. The molecule has 3 aromatic rings. The van der Waals surface area contributed by atoms with Crippen LogP contribution in [-0.2, 0) is 4.79 Å². The number of carbonyl (C=O) groups excluding carboxylic acids is 1. The van der Waals surface area contributed by atoms with Crippen molar-refractivity contribution in [1.82, 2.24) is 15.0 Å². The molecule has 1 amide bonds. The van der Waals surface area contributed by atoms with Crippen molar-refractivity contribution in [2.24, 2.45) is 5.73 Å². The highest BCUT2D eigenvalue weighted by atomic mass is 16.1. The first-order chi connectivity index (χ1) is 10.5. The number of rotatable bonds is 3. The van der Waals surface area contributed by atoms with Crippen LogP contribution in [0.5, 0.6) is 0 Å². The van der Waals surface area contributed by atoms with Gasteiger partial charge in [0.1, 0.15) is 5.52 Å². The second kappa shape index (κ2) is 5.44. The zero-order valence-electron chi connectivity index (χ0n) is 12.4. The van der Waals surface area contributed by atoms with Gasteiger partial charge >= 0.3 is 0 Å². The minimum atomic E-state index is -0.493. The summed E-state index contributed by atoms with van der Waals surface area (Å²) < 4.78 is 0. The lowest BCUT2D eigenvalue weighted by Crippen LogP contribution is -2.05. The molecule has 5 heteroatoms. The highest BCUT2D eigenvalue weighted by molar-refractivity contribution is 5.93. The van der Waals surface area contributed by atoms with E-state index in [1.54, 1.807) is 18.5 Å². The Morgan fingerprint density at radius 3 is 2.64 bits per heavy atom. The van der Waals surface area contributed by atoms with E-state index in [1.807, 2.05) is 0 Å². The van der Waals surface area contributed by atoms with E-state index in [4.69, 9.17) is 5.73 Å². The van der Waals surface area contributed by atoms with E-state index in [1.165, 1.54) is 17.2 Å². The molecule has 3 N–H and O–H groups in total. The summed E-state index contributed by atoms with van der Waals surface area (Å²) in [6.45, 7) is 4.11. The van der Waals surface area contributed by atoms with Gasteiger partial charge in [0.25, 0.3) is 0 Å². The number of fused-ring (bicyclic) bond motifs is 1. The van der Waals surface area contributed by atoms with Crippen LogP contribution in [0, 0.1) is 13.8 Å². The van der Waals surface area contributed by atoms with Crippen LogP contribution in [0.4, 0.5) is 0 Å². The number of nitrogens with one attached hydrogen (secondary N) is 1. The zero-order valence-corrected chi connectivity index (χ0v) is 12.4. The standard InChI is InChI=1S/C17H16N4O/c1-10-5-11(2)7-13(6-10)14-9-20-17-16(21-14)12(8-19-17)3-4-15(18)22/h3-9H,1-2H3,(H2,18,22)(H,19,20)/b4-3+. The Balaban J connectivity index is 2.12. The number of amides is 1. The van der Waals surface area contributed by atoms with E-state index in [2.05, 4.69) is 47.0 Å². The Bertz CT molecular complexity index is 873. The molecule has 110 valence electrons. The van der Waals surface area contributed by atoms with Crippen molar-refractivity contribution in [3.63, 3.8) is 0 Å². The molecule has 3 rings (SSSR count). The van der Waals surface area contributed by atoms with Gasteiger partial charge in [-0.05, 0) is 32.1 Å². The average Bonchev–Trinajstić information content (AvgIpc) is 2.86. The minimum Gasteiger partial charge on any atom is -0.366 e. The maximum Gasteiger partial charge on any atom is 0.241 e. The Morgan fingerprint density at radius 1 is 1.23 bits per heavy atom. The van der Waals surface area contributed by atoms with Crippen molar-refractivity contribution in [2.75, 3.05) is 0 Å². The molecule has 0 aliphatic heterocycles. The predicted molar refractivity (Wildman–Crippen MR) is 87.0 cm³/mol. The molecule has 0 unspecified atom stereocenters. The molecule has 0 saturated heterocycles. The summed E-state index contributed by atoms with van der Waals surface area (Å²) in [6, 6.07) is 6.27. The zero-order chi connectivity index (χ0) is 15.7. The third-order valence-electron chi connectivity index (χ3n) is 3.35. The lowest BCUT2D eigenvalue weighted by molar-refractivity contribution is -0.113. The van der Waals surface area contributed by atoms with Crippen LogP contribution in [0.3, 0.4) is 0 Å². The van der Waals surface area contributed by atoms with Crippen molar-refractivity contribution in [2.45, 2.75) is 13.8 Å². The fourth-order valence-corrected chi connectivity index (χ4v) is 2.47. The monoisotopic (exact) mass is 292 g/mol. The van der Waals surface area contributed by atoms with Crippen LogP contribution in [0.25, 0.3) is 28.5 Å². The van der Waals surface area contributed by atoms with Gasteiger partial charge in [0.2, 0.25) is 5.91 Å². The minimum absolute atomic E-state index is 0.493. The van der Waals surface area contributed by atoms with Gasteiger partial charge in [-0.15, -0.1) is 0 Å². The summed E-state index contributed by atoms with van der Waals surface area (Å²) in [4.78, 5) is 23.0. The van der Waals surface area contributed by atoms with Crippen molar-refractivity contribution in [3.8, 4) is 11.3 Å². The van der Waals surface area contributed by atoms with Gasteiger partial charge < -0.3 is 10.7 Å².